The molecule has 0 N–H and O–H groups in total. The van der Waals surface area contributed by atoms with Crippen molar-refractivity contribution in [1.82, 2.24) is 10.1 Å². The third kappa shape index (κ3) is 4.45. The Balaban J connectivity index is 1.88. The summed E-state index contributed by atoms with van der Waals surface area (Å²) >= 11 is 1.42. The molecule has 0 radical (unpaired) electrons. The number of aromatic nitrogens is 2. The minimum Gasteiger partial charge on any atom is -0.339 e. The number of ketones is 1. The number of Topliss-reactive ketones (excluding diaryl/α,β-unsaturated/α-hetero) is 1. The van der Waals surface area contributed by atoms with Gasteiger partial charge in [0.1, 0.15) is 11.6 Å². The molecule has 0 bridgehead atoms. The molecule has 0 atom stereocenters. The van der Waals surface area contributed by atoms with E-state index >= 15 is 0 Å². The van der Waals surface area contributed by atoms with Crippen molar-refractivity contribution in [1.29, 1.82) is 0 Å². The summed E-state index contributed by atoms with van der Waals surface area (Å²) in [5, 5.41) is 3.81. The van der Waals surface area contributed by atoms with Gasteiger partial charge in [0.15, 0.2) is 5.82 Å². The fourth-order valence-corrected chi connectivity index (χ4v) is 2.44. The average Bonchev–Trinajstić information content (AvgIpc) is 2.84. The van der Waals surface area contributed by atoms with Crippen LogP contribution in [0.15, 0.2) is 33.7 Å². The first-order valence-electron chi connectivity index (χ1n) is 6.39. The van der Waals surface area contributed by atoms with Crippen molar-refractivity contribution in [2.45, 2.75) is 36.8 Å². The summed E-state index contributed by atoms with van der Waals surface area (Å²) in [7, 11) is 0. The zero-order valence-electron chi connectivity index (χ0n) is 11.1. The number of benzene rings is 1. The van der Waals surface area contributed by atoms with Gasteiger partial charge in [-0.2, -0.15) is 4.98 Å². The Morgan fingerprint density at radius 3 is 3.05 bits per heavy atom. The van der Waals surface area contributed by atoms with Crippen molar-refractivity contribution in [3.05, 3.63) is 41.8 Å². The van der Waals surface area contributed by atoms with Crippen LogP contribution in [-0.2, 0) is 17.0 Å². The lowest BCUT2D eigenvalue weighted by atomic mass is 10.2. The Labute approximate surface area is 120 Å². The summed E-state index contributed by atoms with van der Waals surface area (Å²) in [5.74, 6) is 1.17. The van der Waals surface area contributed by atoms with Crippen LogP contribution in [0.25, 0.3) is 0 Å². The van der Waals surface area contributed by atoms with Crippen LogP contribution in [0.3, 0.4) is 0 Å². The monoisotopic (exact) mass is 294 g/mol. The molecule has 106 valence electrons. The van der Waals surface area contributed by atoms with Gasteiger partial charge in [-0.25, -0.2) is 4.39 Å². The molecule has 0 aliphatic heterocycles. The number of rotatable bonds is 7. The van der Waals surface area contributed by atoms with Gasteiger partial charge in [-0.1, -0.05) is 18.1 Å². The van der Waals surface area contributed by atoms with Crippen LogP contribution in [0.1, 0.15) is 31.5 Å². The molecule has 1 aromatic carbocycles. The molecule has 0 unspecified atom stereocenters. The second-order valence-corrected chi connectivity index (χ2v) is 5.36. The number of nitrogens with zero attached hydrogens (tertiary/aromatic N) is 2. The molecular formula is C14H15FN2O2S. The van der Waals surface area contributed by atoms with E-state index in [1.165, 1.54) is 23.9 Å². The Hall–Kier alpha value is -1.69. The van der Waals surface area contributed by atoms with Crippen LogP contribution in [0, 0.1) is 5.82 Å². The predicted octanol–water partition coefficient (Wildman–Crippen LogP) is 3.41. The van der Waals surface area contributed by atoms with Crippen molar-refractivity contribution in [3.63, 3.8) is 0 Å². The van der Waals surface area contributed by atoms with Gasteiger partial charge in [-0.3, -0.25) is 4.79 Å². The van der Waals surface area contributed by atoms with Gasteiger partial charge in [-0.05, 0) is 24.6 Å². The largest absolute Gasteiger partial charge is 0.339 e. The maximum absolute atomic E-state index is 13.0. The lowest BCUT2D eigenvalue weighted by Gasteiger charge is -1.97. The van der Waals surface area contributed by atoms with Crippen LogP contribution < -0.4 is 0 Å². The Morgan fingerprint density at radius 1 is 1.45 bits per heavy atom. The first-order valence-corrected chi connectivity index (χ1v) is 7.37. The quantitative estimate of drug-likeness (QED) is 0.732. The second kappa shape index (κ2) is 7.19. The number of carbonyl (C=O) groups is 1. The van der Waals surface area contributed by atoms with E-state index < -0.39 is 0 Å². The number of halogens is 1. The topological polar surface area (TPSA) is 56.0 Å². The maximum atomic E-state index is 13.0. The van der Waals surface area contributed by atoms with E-state index in [0.29, 0.717) is 23.9 Å². The summed E-state index contributed by atoms with van der Waals surface area (Å²) in [6.07, 6.45) is 1.52. The van der Waals surface area contributed by atoms with Gasteiger partial charge in [0, 0.05) is 11.3 Å². The van der Waals surface area contributed by atoms with E-state index in [2.05, 4.69) is 10.1 Å². The Kier molecular flexibility index (Phi) is 5.29. The first kappa shape index (κ1) is 14.7. The first-order chi connectivity index (χ1) is 9.67. The molecule has 20 heavy (non-hydrogen) atoms. The van der Waals surface area contributed by atoms with Crippen LogP contribution in [0.2, 0.25) is 0 Å². The van der Waals surface area contributed by atoms with Gasteiger partial charge < -0.3 is 4.52 Å². The minimum atomic E-state index is -0.269. The van der Waals surface area contributed by atoms with Crippen LogP contribution in [-0.4, -0.2) is 15.9 Å². The molecule has 0 spiro atoms. The van der Waals surface area contributed by atoms with E-state index in [4.69, 9.17) is 4.52 Å². The smallest absolute Gasteiger partial charge is 0.234 e. The molecule has 0 saturated heterocycles. The number of hydrogen-bond donors (Lipinski definition) is 0. The third-order valence-corrected chi connectivity index (χ3v) is 3.54. The number of thioether (sulfide) groups is 1. The van der Waals surface area contributed by atoms with E-state index in [1.807, 2.05) is 13.0 Å². The molecule has 0 fully saturated rings. The number of carbonyl (C=O) groups excluding carboxylic acids is 1. The van der Waals surface area contributed by atoms with E-state index in [0.717, 1.165) is 11.3 Å². The van der Waals surface area contributed by atoms with Crippen molar-refractivity contribution in [2.24, 2.45) is 0 Å². The van der Waals surface area contributed by atoms with Crippen molar-refractivity contribution < 1.29 is 13.7 Å². The summed E-state index contributed by atoms with van der Waals surface area (Å²) in [6, 6.07) is 6.33. The third-order valence-electron chi connectivity index (χ3n) is 2.55. The molecule has 0 aliphatic rings. The molecular weight excluding hydrogens is 279 g/mol. The molecule has 4 nitrogen and oxygen atoms in total. The van der Waals surface area contributed by atoms with Crippen LogP contribution in [0.4, 0.5) is 4.39 Å². The van der Waals surface area contributed by atoms with E-state index in [-0.39, 0.29) is 18.0 Å². The second-order valence-electron chi connectivity index (χ2n) is 4.32. The Bertz CT molecular complexity index is 586. The average molecular weight is 294 g/mol. The summed E-state index contributed by atoms with van der Waals surface area (Å²) in [6.45, 7) is 1.95. The molecule has 2 rings (SSSR count). The van der Waals surface area contributed by atoms with Crippen molar-refractivity contribution in [2.75, 3.05) is 0 Å². The van der Waals surface area contributed by atoms with E-state index in [1.54, 1.807) is 6.07 Å². The zero-order valence-corrected chi connectivity index (χ0v) is 12.0. The summed E-state index contributed by atoms with van der Waals surface area (Å²) in [5.41, 5.74) is 0. The SMILES string of the molecule is CCCC(=O)Cc1nc(CSc2cccc(F)c2)no1. The highest BCUT2D eigenvalue weighted by Crippen LogP contribution is 2.22. The van der Waals surface area contributed by atoms with Gasteiger partial charge in [0.05, 0.1) is 12.2 Å². The fraction of sp³-hybridized carbons (Fsp3) is 0.357. The minimum absolute atomic E-state index is 0.0977. The highest BCUT2D eigenvalue weighted by molar-refractivity contribution is 7.98. The van der Waals surface area contributed by atoms with E-state index in [9.17, 15) is 9.18 Å². The van der Waals surface area contributed by atoms with Crippen molar-refractivity contribution >= 4 is 17.5 Å². The highest BCUT2D eigenvalue weighted by atomic mass is 32.2. The lowest BCUT2D eigenvalue weighted by molar-refractivity contribution is -0.118. The van der Waals surface area contributed by atoms with Gasteiger partial charge in [-0.15, -0.1) is 11.8 Å². The molecule has 2 aromatic rings. The lowest BCUT2D eigenvalue weighted by Crippen LogP contribution is -2.02. The maximum Gasteiger partial charge on any atom is 0.234 e. The summed E-state index contributed by atoms with van der Waals surface area (Å²) < 4.78 is 18.0. The molecule has 1 aromatic heterocycles. The van der Waals surface area contributed by atoms with Crippen LogP contribution in [0.5, 0.6) is 0 Å². The van der Waals surface area contributed by atoms with Gasteiger partial charge in [0.25, 0.3) is 0 Å². The zero-order chi connectivity index (χ0) is 14.4. The molecule has 0 aliphatic carbocycles. The highest BCUT2D eigenvalue weighted by Gasteiger charge is 2.11. The van der Waals surface area contributed by atoms with Gasteiger partial charge >= 0.3 is 0 Å². The standard InChI is InChI=1S/C14H15FN2O2S/c1-2-4-11(18)8-14-16-13(17-19-14)9-20-12-6-3-5-10(15)7-12/h3,5-7H,2,4,8-9H2,1H3. The van der Waals surface area contributed by atoms with Gasteiger partial charge in [0.2, 0.25) is 5.89 Å². The fourth-order valence-electron chi connectivity index (χ4n) is 1.66. The number of hydrogen-bond acceptors (Lipinski definition) is 5. The normalized spacial score (nSPS) is 10.7. The predicted molar refractivity (Wildman–Crippen MR) is 73.9 cm³/mol. The molecule has 1 heterocycles. The summed E-state index contributed by atoms with van der Waals surface area (Å²) in [4.78, 5) is 16.4. The molecule has 6 heteroatoms. The van der Waals surface area contributed by atoms with Crippen LogP contribution >= 0.6 is 11.8 Å². The Morgan fingerprint density at radius 2 is 2.30 bits per heavy atom. The molecule has 0 amide bonds. The molecule has 0 saturated carbocycles. The van der Waals surface area contributed by atoms with Crippen molar-refractivity contribution in [3.8, 4) is 0 Å².